The number of alkyl halides is 5. The quantitative estimate of drug-likeness (QED) is 0.213. The average molecular weight is 858 g/mol. The first-order valence-electron chi connectivity index (χ1n) is 19.5. The number of amides is 4. The Morgan fingerprint density at radius 3 is 2.42 bits per heavy atom. The minimum atomic E-state index is -4.95. The molecule has 0 bridgehead atoms. The fourth-order valence-electron chi connectivity index (χ4n) is 7.60. The molecular weight excluding hydrogens is 810 g/mol. The number of alkyl carbamates (subject to hydrolysis) is 1. The van der Waals surface area contributed by atoms with Crippen LogP contribution in [-0.4, -0.2) is 102 Å². The van der Waals surface area contributed by atoms with Crippen LogP contribution in [0.2, 0.25) is 0 Å². The van der Waals surface area contributed by atoms with Gasteiger partial charge in [0.15, 0.2) is 0 Å². The summed E-state index contributed by atoms with van der Waals surface area (Å²) >= 11 is 0. The van der Waals surface area contributed by atoms with E-state index in [1.165, 1.54) is 6.20 Å². The first-order valence-corrected chi connectivity index (χ1v) is 21.0. The van der Waals surface area contributed by atoms with Crippen molar-refractivity contribution in [1.82, 2.24) is 25.2 Å². The number of sulfonamides is 1. The molecule has 1 aromatic heterocycles. The molecule has 2 aliphatic carbocycles. The van der Waals surface area contributed by atoms with Gasteiger partial charge in [-0.3, -0.25) is 19.1 Å². The number of benzene rings is 1. The Bertz CT molecular complexity index is 2080. The van der Waals surface area contributed by atoms with Crippen molar-refractivity contribution < 1.29 is 63.8 Å². The van der Waals surface area contributed by atoms with E-state index in [4.69, 9.17) is 14.2 Å². The number of fused-ring (bicyclic) bond motifs is 3. The van der Waals surface area contributed by atoms with Gasteiger partial charge < -0.3 is 29.7 Å². The zero-order valence-corrected chi connectivity index (χ0v) is 33.7. The Morgan fingerprint density at radius 1 is 1.07 bits per heavy atom. The van der Waals surface area contributed by atoms with Crippen LogP contribution in [0.5, 0.6) is 11.6 Å². The highest BCUT2D eigenvalue weighted by Crippen LogP contribution is 2.46. The van der Waals surface area contributed by atoms with Gasteiger partial charge in [-0.1, -0.05) is 44.2 Å². The third-order valence-electron chi connectivity index (χ3n) is 11.3. The molecule has 4 amide bonds. The second-order valence-electron chi connectivity index (χ2n) is 16.4. The van der Waals surface area contributed by atoms with Gasteiger partial charge in [0.25, 0.3) is 12.3 Å². The summed E-state index contributed by atoms with van der Waals surface area (Å²) in [7, 11) is -4.02. The van der Waals surface area contributed by atoms with Crippen molar-refractivity contribution in [2.75, 3.05) is 13.2 Å². The van der Waals surface area contributed by atoms with Gasteiger partial charge in [-0.25, -0.2) is 27.0 Å². The van der Waals surface area contributed by atoms with Crippen LogP contribution >= 0.6 is 0 Å². The van der Waals surface area contributed by atoms with E-state index in [0.717, 1.165) is 4.90 Å². The molecule has 1 saturated heterocycles. The van der Waals surface area contributed by atoms with Gasteiger partial charge >= 0.3 is 12.3 Å². The van der Waals surface area contributed by atoms with Gasteiger partial charge in [0.05, 0.1) is 18.0 Å². The largest absolute Gasteiger partial charge is 0.485 e. The summed E-state index contributed by atoms with van der Waals surface area (Å²) < 4.78 is 111. The van der Waals surface area contributed by atoms with Crippen molar-refractivity contribution in [2.45, 2.75) is 120 Å². The molecule has 2 aromatic rings. The number of nitrogens with zero attached hydrogens (tertiary/aromatic N) is 2. The Morgan fingerprint density at radius 2 is 1.76 bits per heavy atom. The van der Waals surface area contributed by atoms with Crippen LogP contribution in [0.25, 0.3) is 10.8 Å². The highest BCUT2D eigenvalue weighted by atomic mass is 32.2. The maximum absolute atomic E-state index is 14.7. The van der Waals surface area contributed by atoms with Crippen LogP contribution in [0.15, 0.2) is 42.6 Å². The summed E-state index contributed by atoms with van der Waals surface area (Å²) in [6.45, 7) is 3.67. The molecule has 2 saturated carbocycles. The molecular formula is C39H48F5N5O9S. The molecule has 3 heterocycles. The Labute approximate surface area is 338 Å². The number of carbonyl (C=O) groups excluding carboxylic acids is 4. The van der Waals surface area contributed by atoms with E-state index in [-0.39, 0.29) is 36.9 Å². The van der Waals surface area contributed by atoms with E-state index in [1.54, 1.807) is 37.3 Å². The molecule has 7 atom stereocenters. The lowest BCUT2D eigenvalue weighted by Gasteiger charge is -2.34. The normalized spacial score (nSPS) is 28.7. The average Bonchev–Trinajstić information content (AvgIpc) is 4.07. The minimum Gasteiger partial charge on any atom is -0.485 e. The molecule has 0 spiro atoms. The molecule has 6 rings (SSSR count). The van der Waals surface area contributed by atoms with Crippen molar-refractivity contribution >= 4 is 44.6 Å². The number of nitrogens with one attached hydrogen (secondary N) is 3. The van der Waals surface area contributed by atoms with E-state index in [1.807, 2.05) is 13.0 Å². The standard InChI is InChI=1S/C39H48F5N5O9S/c1-21-9-5-6-10-23-17-38(23,35(52)48-59(54,55)25-13-14-25)47-32(50)28-16-24(57-33-27-12-8-7-11-26(27)29(18-45-33)56-20-30(40)41)19-49(28)34(51)31(22(2)15-21)46-36(53)58-37(3,4)39(42,43)44/h6-8,10-12,18,21-25,28,30-31H,5,9,13-17,19-20H2,1-4H3,(H,46,53)(H,47,50)(H,48,52)/b10-6-/t21-,22-,23?,24-,28+,31+,38-/m1/s1. The minimum absolute atomic E-state index is 0.00829. The predicted molar refractivity (Wildman–Crippen MR) is 202 cm³/mol. The summed E-state index contributed by atoms with van der Waals surface area (Å²) in [6, 6.07) is 3.61. The summed E-state index contributed by atoms with van der Waals surface area (Å²) in [5.41, 5.74) is -4.60. The number of carbonyl (C=O) groups is 4. The molecule has 3 N–H and O–H groups in total. The highest BCUT2D eigenvalue weighted by Gasteiger charge is 2.62. The Kier molecular flexibility index (Phi) is 12.4. The summed E-state index contributed by atoms with van der Waals surface area (Å²) in [6.07, 6.45) is -3.40. The number of aromatic nitrogens is 1. The summed E-state index contributed by atoms with van der Waals surface area (Å²) in [5.74, 6) is -3.91. The number of allylic oxidation sites excluding steroid dienone is 1. The zero-order chi connectivity index (χ0) is 43.1. The first-order chi connectivity index (χ1) is 27.6. The third kappa shape index (κ3) is 9.84. The molecule has 3 fully saturated rings. The fourth-order valence-corrected chi connectivity index (χ4v) is 8.97. The molecule has 14 nitrogen and oxygen atoms in total. The van der Waals surface area contributed by atoms with Crippen LogP contribution in [0, 0.1) is 17.8 Å². The third-order valence-corrected chi connectivity index (χ3v) is 13.1. The van der Waals surface area contributed by atoms with Gasteiger partial charge in [0.1, 0.15) is 36.1 Å². The predicted octanol–water partition coefficient (Wildman–Crippen LogP) is 5.16. The number of hydrogen-bond acceptors (Lipinski definition) is 10. The fraction of sp³-hybridized carbons (Fsp3) is 0.615. The molecule has 59 heavy (non-hydrogen) atoms. The lowest BCUT2D eigenvalue weighted by Crippen LogP contribution is -2.59. The van der Waals surface area contributed by atoms with Crippen LogP contribution in [0.4, 0.5) is 26.7 Å². The van der Waals surface area contributed by atoms with E-state index in [2.05, 4.69) is 20.3 Å². The SMILES string of the molecule is C[C@@H]1CC/C=C\C2C[C@@]2(C(=O)NS(=O)(=O)C2CC2)NC(=O)[C@@H]2C[C@@H](Oc3ncc(OCC(F)F)c4ccccc34)CN2C(=O)[C@@H](NC(=O)OC(C)(C)C(F)(F)F)[C@H](C)C1. The lowest BCUT2D eigenvalue weighted by atomic mass is 9.88. The molecule has 0 radical (unpaired) electrons. The summed E-state index contributed by atoms with van der Waals surface area (Å²) in [4.78, 5) is 61.4. The van der Waals surface area contributed by atoms with Crippen LogP contribution in [0.3, 0.4) is 0 Å². The maximum atomic E-state index is 14.7. The van der Waals surface area contributed by atoms with Crippen molar-refractivity contribution in [3.05, 3.63) is 42.6 Å². The molecule has 20 heteroatoms. The molecule has 2 aliphatic heterocycles. The molecule has 1 aromatic carbocycles. The lowest BCUT2D eigenvalue weighted by molar-refractivity contribution is -0.244. The van der Waals surface area contributed by atoms with Crippen molar-refractivity contribution in [3.8, 4) is 11.6 Å². The zero-order valence-electron chi connectivity index (χ0n) is 32.9. The second-order valence-corrected chi connectivity index (χ2v) is 18.4. The van der Waals surface area contributed by atoms with Crippen molar-refractivity contribution in [1.29, 1.82) is 0 Å². The van der Waals surface area contributed by atoms with Crippen molar-refractivity contribution in [3.63, 3.8) is 0 Å². The van der Waals surface area contributed by atoms with Gasteiger partial charge in [-0.15, -0.1) is 0 Å². The van der Waals surface area contributed by atoms with Crippen LogP contribution in [-0.2, 0) is 29.1 Å². The van der Waals surface area contributed by atoms with Crippen molar-refractivity contribution in [2.24, 2.45) is 17.8 Å². The van der Waals surface area contributed by atoms with Gasteiger partial charge in [0, 0.05) is 23.1 Å². The van der Waals surface area contributed by atoms with E-state index in [0.29, 0.717) is 56.7 Å². The monoisotopic (exact) mass is 857 g/mol. The number of rotatable bonds is 10. The number of pyridine rings is 1. The van der Waals surface area contributed by atoms with Gasteiger partial charge in [-0.05, 0) is 70.3 Å². The first kappa shape index (κ1) is 43.8. The number of ether oxygens (including phenoxy) is 3. The molecule has 4 aliphatic rings. The summed E-state index contributed by atoms with van der Waals surface area (Å²) in [5, 5.41) is 5.08. The Balaban J connectivity index is 1.35. The highest BCUT2D eigenvalue weighted by molar-refractivity contribution is 7.91. The number of halogens is 5. The Hall–Kier alpha value is -4.75. The van der Waals surface area contributed by atoms with E-state index in [9.17, 15) is 49.5 Å². The van der Waals surface area contributed by atoms with E-state index >= 15 is 0 Å². The van der Waals surface area contributed by atoms with Gasteiger partial charge in [0.2, 0.25) is 33.3 Å². The number of hydrogen-bond donors (Lipinski definition) is 3. The molecule has 1 unspecified atom stereocenters. The van der Waals surface area contributed by atoms with Gasteiger partial charge in [-0.2, -0.15) is 13.2 Å². The van der Waals surface area contributed by atoms with E-state index < -0.39 is 99.5 Å². The molecule has 324 valence electrons. The second kappa shape index (κ2) is 16.7. The topological polar surface area (TPSA) is 182 Å². The smallest absolute Gasteiger partial charge is 0.427 e. The maximum Gasteiger partial charge on any atom is 0.427 e. The van der Waals surface area contributed by atoms with Crippen LogP contribution < -0.4 is 24.8 Å². The van der Waals surface area contributed by atoms with Crippen LogP contribution in [0.1, 0.15) is 72.6 Å².